The van der Waals surface area contributed by atoms with Gasteiger partial charge in [0.2, 0.25) is 5.91 Å². The molecule has 0 unspecified atom stereocenters. The van der Waals surface area contributed by atoms with Crippen LogP contribution in [0.4, 0.5) is 11.4 Å². The average molecular weight is 286 g/mol. The number of hydrogen-bond donors (Lipinski definition) is 1. The maximum Gasteiger partial charge on any atom is 0.240 e. The normalized spacial score (nSPS) is 11.1. The number of anilines is 2. The first-order valence-electron chi connectivity index (χ1n) is 4.94. The van der Waals surface area contributed by atoms with Gasteiger partial charge in [0, 0.05) is 20.3 Å². The lowest BCUT2D eigenvalue weighted by atomic mass is 10.2. The first-order valence-corrected chi connectivity index (χ1v) is 5.73. The van der Waals surface area contributed by atoms with Crippen LogP contribution in [0, 0.1) is 0 Å². The molecule has 1 rings (SSSR count). The summed E-state index contributed by atoms with van der Waals surface area (Å²) in [5.41, 5.74) is 1.64. The number of alkyl halides is 1. The monoisotopic (exact) mass is 285 g/mol. The van der Waals surface area contributed by atoms with Gasteiger partial charge in [-0.2, -0.15) is 0 Å². The minimum Gasteiger partial charge on any atom is -0.376 e. The molecular weight excluding hydrogens is 270 g/mol. The fourth-order valence-electron chi connectivity index (χ4n) is 1.14. The molecule has 0 saturated heterocycles. The molecule has 0 saturated carbocycles. The lowest BCUT2D eigenvalue weighted by Crippen LogP contribution is -2.31. The number of rotatable bonds is 3. The Morgan fingerprint density at radius 3 is 2.62 bits per heavy atom. The lowest BCUT2D eigenvalue weighted by Gasteiger charge is -2.20. The van der Waals surface area contributed by atoms with E-state index in [-0.39, 0.29) is 5.91 Å². The van der Waals surface area contributed by atoms with E-state index in [0.717, 1.165) is 5.69 Å². The van der Waals surface area contributed by atoms with Gasteiger partial charge in [0.15, 0.2) is 0 Å². The SMILES string of the molecule is CN(C)c1ccncc1NC(=O)C(C)(C)Br. The molecule has 0 aliphatic heterocycles. The van der Waals surface area contributed by atoms with Crippen molar-refractivity contribution in [1.29, 1.82) is 0 Å². The minimum atomic E-state index is -0.591. The van der Waals surface area contributed by atoms with Crippen molar-refractivity contribution in [3.63, 3.8) is 0 Å². The Kier molecular flexibility index (Phi) is 3.91. The Morgan fingerprint density at radius 1 is 1.50 bits per heavy atom. The number of pyridine rings is 1. The number of nitrogens with zero attached hydrogens (tertiary/aromatic N) is 2. The summed E-state index contributed by atoms with van der Waals surface area (Å²) in [6.45, 7) is 3.60. The highest BCUT2D eigenvalue weighted by atomic mass is 79.9. The Labute approximate surface area is 104 Å². The Morgan fingerprint density at radius 2 is 2.12 bits per heavy atom. The number of halogens is 1. The molecule has 16 heavy (non-hydrogen) atoms. The van der Waals surface area contributed by atoms with Crippen LogP contribution in [0.25, 0.3) is 0 Å². The Hall–Kier alpha value is -1.10. The maximum absolute atomic E-state index is 11.8. The first-order chi connectivity index (χ1) is 7.32. The number of carbonyl (C=O) groups is 1. The molecule has 1 aromatic rings. The van der Waals surface area contributed by atoms with E-state index in [1.165, 1.54) is 0 Å². The molecule has 88 valence electrons. The van der Waals surface area contributed by atoms with Gasteiger partial charge < -0.3 is 10.2 Å². The van der Waals surface area contributed by atoms with Crippen molar-refractivity contribution >= 4 is 33.2 Å². The zero-order valence-electron chi connectivity index (χ0n) is 9.91. The van der Waals surface area contributed by atoms with Gasteiger partial charge in [-0.05, 0) is 19.9 Å². The van der Waals surface area contributed by atoms with Gasteiger partial charge in [-0.15, -0.1) is 0 Å². The van der Waals surface area contributed by atoms with Crippen molar-refractivity contribution in [2.45, 2.75) is 18.2 Å². The smallest absolute Gasteiger partial charge is 0.240 e. The number of hydrogen-bond acceptors (Lipinski definition) is 3. The zero-order valence-corrected chi connectivity index (χ0v) is 11.5. The number of nitrogens with one attached hydrogen (secondary N) is 1. The summed E-state index contributed by atoms with van der Waals surface area (Å²) >= 11 is 3.32. The highest BCUT2D eigenvalue weighted by molar-refractivity contribution is 9.10. The van der Waals surface area contributed by atoms with E-state index in [9.17, 15) is 4.79 Å². The molecule has 0 aromatic carbocycles. The first kappa shape index (κ1) is 13.0. The topological polar surface area (TPSA) is 45.2 Å². The molecule has 0 atom stereocenters. The van der Waals surface area contributed by atoms with Crippen LogP contribution >= 0.6 is 15.9 Å². The summed E-state index contributed by atoms with van der Waals surface area (Å²) in [4.78, 5) is 17.7. The fourth-order valence-corrected chi connectivity index (χ4v) is 1.24. The molecule has 1 amide bonds. The van der Waals surface area contributed by atoms with Crippen LogP contribution in [0.2, 0.25) is 0 Å². The lowest BCUT2D eigenvalue weighted by molar-refractivity contribution is -0.117. The molecule has 0 spiro atoms. The molecule has 5 heteroatoms. The van der Waals surface area contributed by atoms with Crippen LogP contribution in [0.3, 0.4) is 0 Å². The summed E-state index contributed by atoms with van der Waals surface area (Å²) in [5.74, 6) is -0.0939. The van der Waals surface area contributed by atoms with Crippen molar-refractivity contribution in [2.24, 2.45) is 0 Å². The third kappa shape index (κ3) is 3.20. The third-order valence-corrected chi connectivity index (χ3v) is 2.43. The summed E-state index contributed by atoms with van der Waals surface area (Å²) in [6.07, 6.45) is 3.34. The fraction of sp³-hybridized carbons (Fsp3) is 0.455. The predicted molar refractivity (Wildman–Crippen MR) is 70.2 cm³/mol. The largest absolute Gasteiger partial charge is 0.376 e. The van der Waals surface area contributed by atoms with Crippen LogP contribution in [0.5, 0.6) is 0 Å². The van der Waals surface area contributed by atoms with Gasteiger partial charge in [0.25, 0.3) is 0 Å². The molecule has 4 nitrogen and oxygen atoms in total. The quantitative estimate of drug-likeness (QED) is 0.867. The van der Waals surface area contributed by atoms with Gasteiger partial charge in [0.05, 0.1) is 21.9 Å². The van der Waals surface area contributed by atoms with Gasteiger partial charge in [-0.25, -0.2) is 0 Å². The summed E-state index contributed by atoms with van der Waals surface area (Å²) in [6, 6.07) is 1.86. The van der Waals surface area contributed by atoms with Crippen LogP contribution in [0.1, 0.15) is 13.8 Å². The number of amides is 1. The van der Waals surface area contributed by atoms with E-state index < -0.39 is 4.32 Å². The van der Waals surface area contributed by atoms with Crippen LogP contribution in [-0.4, -0.2) is 29.3 Å². The zero-order chi connectivity index (χ0) is 12.3. The minimum absolute atomic E-state index is 0.0939. The van der Waals surface area contributed by atoms with Crippen molar-refractivity contribution < 1.29 is 4.79 Å². The van der Waals surface area contributed by atoms with Gasteiger partial charge >= 0.3 is 0 Å². The number of aromatic nitrogens is 1. The van der Waals surface area contributed by atoms with Crippen LogP contribution in [0.15, 0.2) is 18.5 Å². The summed E-state index contributed by atoms with van der Waals surface area (Å²) < 4.78 is -0.591. The molecule has 0 aliphatic rings. The molecule has 0 radical (unpaired) electrons. The van der Waals surface area contributed by atoms with Crippen molar-refractivity contribution in [2.75, 3.05) is 24.3 Å². The van der Waals surface area contributed by atoms with E-state index in [1.807, 2.05) is 25.1 Å². The molecule has 1 N–H and O–H groups in total. The van der Waals surface area contributed by atoms with Crippen molar-refractivity contribution in [3.05, 3.63) is 18.5 Å². The summed E-state index contributed by atoms with van der Waals surface area (Å²) in [5, 5.41) is 2.84. The second-order valence-electron chi connectivity index (χ2n) is 4.21. The molecule has 0 fully saturated rings. The van der Waals surface area contributed by atoms with Crippen LogP contribution in [-0.2, 0) is 4.79 Å². The van der Waals surface area contributed by atoms with E-state index in [0.29, 0.717) is 5.69 Å². The summed E-state index contributed by atoms with van der Waals surface area (Å²) in [7, 11) is 3.84. The average Bonchev–Trinajstić information content (AvgIpc) is 2.16. The predicted octanol–water partition coefficient (Wildman–Crippen LogP) is 2.26. The number of carbonyl (C=O) groups excluding carboxylic acids is 1. The second-order valence-corrected chi connectivity index (χ2v) is 6.20. The Bertz CT molecular complexity index is 385. The van der Waals surface area contributed by atoms with E-state index >= 15 is 0 Å². The third-order valence-electron chi connectivity index (χ3n) is 2.07. The van der Waals surface area contributed by atoms with E-state index in [2.05, 4.69) is 26.2 Å². The van der Waals surface area contributed by atoms with Crippen LogP contribution < -0.4 is 10.2 Å². The molecule has 0 aliphatic carbocycles. The highest BCUT2D eigenvalue weighted by Crippen LogP contribution is 2.25. The maximum atomic E-state index is 11.8. The highest BCUT2D eigenvalue weighted by Gasteiger charge is 2.24. The molecular formula is C11H16BrN3O. The molecule has 1 heterocycles. The van der Waals surface area contributed by atoms with E-state index in [4.69, 9.17) is 0 Å². The second kappa shape index (κ2) is 4.82. The van der Waals surface area contributed by atoms with Gasteiger partial charge in [-0.1, -0.05) is 15.9 Å². The standard InChI is InChI=1S/C11H16BrN3O/c1-11(2,12)10(16)14-8-7-13-6-5-9(8)15(3)4/h5-7H,1-4H3,(H,14,16). The van der Waals surface area contributed by atoms with Crippen molar-refractivity contribution in [1.82, 2.24) is 4.98 Å². The Balaban J connectivity index is 2.94. The van der Waals surface area contributed by atoms with E-state index in [1.54, 1.807) is 26.2 Å². The van der Waals surface area contributed by atoms with Crippen molar-refractivity contribution in [3.8, 4) is 0 Å². The van der Waals surface area contributed by atoms with Gasteiger partial charge in [-0.3, -0.25) is 9.78 Å². The van der Waals surface area contributed by atoms with Gasteiger partial charge in [0.1, 0.15) is 0 Å². The molecule has 0 bridgehead atoms. The molecule has 1 aromatic heterocycles.